The van der Waals surface area contributed by atoms with Crippen LogP contribution in [0, 0.1) is 5.92 Å². The van der Waals surface area contributed by atoms with Crippen LogP contribution in [0.5, 0.6) is 5.75 Å². The summed E-state index contributed by atoms with van der Waals surface area (Å²) in [6, 6.07) is 3.41. The first-order chi connectivity index (χ1) is 12.6. The summed E-state index contributed by atoms with van der Waals surface area (Å²) < 4.78 is 29.9. The predicted molar refractivity (Wildman–Crippen MR) is 112 cm³/mol. The number of ether oxygens (including phenoxy) is 1. The van der Waals surface area contributed by atoms with E-state index < -0.39 is 9.84 Å². The molecule has 0 aliphatic carbocycles. The van der Waals surface area contributed by atoms with Gasteiger partial charge in [0.15, 0.2) is 9.84 Å². The Morgan fingerprint density at radius 1 is 1.36 bits per heavy atom. The number of benzene rings is 1. The van der Waals surface area contributed by atoms with E-state index in [4.69, 9.17) is 4.74 Å². The Morgan fingerprint density at radius 3 is 2.71 bits per heavy atom. The van der Waals surface area contributed by atoms with Crippen LogP contribution in [-0.4, -0.2) is 57.3 Å². The zero-order chi connectivity index (χ0) is 19.8. The van der Waals surface area contributed by atoms with Gasteiger partial charge in [0.2, 0.25) is 0 Å². The largest absolute Gasteiger partial charge is 0.489 e. The number of carbonyl (C=O) groups is 1. The highest BCUT2D eigenvalue weighted by molar-refractivity contribution is 7.90. The number of halogens is 1. The first kappa shape index (κ1) is 23.0. The maximum atomic E-state index is 12.9. The van der Waals surface area contributed by atoms with Gasteiger partial charge in [0, 0.05) is 31.8 Å². The van der Waals surface area contributed by atoms with Gasteiger partial charge >= 0.3 is 0 Å². The summed E-state index contributed by atoms with van der Waals surface area (Å²) in [5.41, 5.74) is 1.11. The van der Waals surface area contributed by atoms with Crippen LogP contribution in [0.2, 0.25) is 0 Å². The molecule has 0 radical (unpaired) electrons. The SMILES string of the molecule is CC(C)CN1CCCC1CNC(=O)c1cc(S(C)(=O)=O)cc2c1OC(C)C2.Cl. The third-order valence-corrected chi connectivity index (χ3v) is 6.33. The van der Waals surface area contributed by atoms with E-state index in [0.29, 0.717) is 36.2 Å². The minimum atomic E-state index is -3.39. The molecule has 0 aromatic heterocycles. The van der Waals surface area contributed by atoms with E-state index in [-0.39, 0.29) is 29.3 Å². The van der Waals surface area contributed by atoms with Gasteiger partial charge in [-0.3, -0.25) is 9.69 Å². The van der Waals surface area contributed by atoms with Crippen LogP contribution in [0.25, 0.3) is 0 Å². The Labute approximate surface area is 174 Å². The molecular formula is C20H31ClN2O4S. The van der Waals surface area contributed by atoms with Gasteiger partial charge in [0.1, 0.15) is 11.9 Å². The van der Waals surface area contributed by atoms with E-state index in [1.54, 1.807) is 6.07 Å². The van der Waals surface area contributed by atoms with Crippen molar-refractivity contribution in [1.82, 2.24) is 10.2 Å². The van der Waals surface area contributed by atoms with Gasteiger partial charge < -0.3 is 10.1 Å². The van der Waals surface area contributed by atoms with E-state index in [1.807, 2.05) is 6.92 Å². The molecule has 2 atom stereocenters. The van der Waals surface area contributed by atoms with Crippen LogP contribution in [-0.2, 0) is 16.3 Å². The topological polar surface area (TPSA) is 75.7 Å². The van der Waals surface area contributed by atoms with Gasteiger partial charge in [-0.25, -0.2) is 8.42 Å². The molecule has 6 nitrogen and oxygen atoms in total. The lowest BCUT2D eigenvalue weighted by Gasteiger charge is -2.26. The van der Waals surface area contributed by atoms with Crippen molar-refractivity contribution in [3.05, 3.63) is 23.3 Å². The maximum absolute atomic E-state index is 12.9. The fourth-order valence-electron chi connectivity index (χ4n) is 4.03. The second-order valence-electron chi connectivity index (χ2n) is 8.26. The van der Waals surface area contributed by atoms with Crippen molar-refractivity contribution in [2.24, 2.45) is 5.92 Å². The summed E-state index contributed by atoms with van der Waals surface area (Å²) >= 11 is 0. The fourth-order valence-corrected chi connectivity index (χ4v) is 4.72. The Bertz CT molecular complexity index is 826. The number of fused-ring (bicyclic) bond motifs is 1. The number of hydrogen-bond donors (Lipinski definition) is 1. The molecule has 2 aliphatic heterocycles. The highest BCUT2D eigenvalue weighted by atomic mass is 35.5. The predicted octanol–water partition coefficient (Wildman–Crippen LogP) is 2.69. The molecule has 0 bridgehead atoms. The third kappa shape index (κ3) is 5.19. The van der Waals surface area contributed by atoms with Crippen LogP contribution in [0.1, 0.15) is 49.5 Å². The van der Waals surface area contributed by atoms with Gasteiger partial charge in [0.05, 0.1) is 10.5 Å². The Morgan fingerprint density at radius 2 is 2.07 bits per heavy atom. The van der Waals surface area contributed by atoms with Gasteiger partial charge in [-0.1, -0.05) is 13.8 Å². The Kier molecular flexibility index (Phi) is 7.39. The number of carbonyl (C=O) groups excluding carboxylic acids is 1. The van der Waals surface area contributed by atoms with Gasteiger partial charge in [-0.2, -0.15) is 0 Å². The molecule has 8 heteroatoms. The minimum absolute atomic E-state index is 0. The molecule has 3 rings (SSSR count). The second-order valence-corrected chi connectivity index (χ2v) is 10.3. The summed E-state index contributed by atoms with van der Waals surface area (Å²) in [5.74, 6) is 0.853. The molecule has 1 N–H and O–H groups in total. The van der Waals surface area contributed by atoms with Crippen molar-refractivity contribution in [2.45, 2.75) is 57.1 Å². The normalized spacial score (nSPS) is 21.9. The molecule has 2 heterocycles. The first-order valence-corrected chi connectivity index (χ1v) is 11.6. The summed E-state index contributed by atoms with van der Waals surface area (Å²) in [7, 11) is -3.39. The molecule has 1 amide bonds. The van der Waals surface area contributed by atoms with E-state index in [0.717, 1.165) is 37.8 Å². The van der Waals surface area contributed by atoms with Gasteiger partial charge in [-0.05, 0) is 49.9 Å². The van der Waals surface area contributed by atoms with E-state index in [1.165, 1.54) is 6.07 Å². The number of amides is 1. The monoisotopic (exact) mass is 430 g/mol. The highest BCUT2D eigenvalue weighted by Crippen LogP contribution is 2.35. The quantitative estimate of drug-likeness (QED) is 0.750. The van der Waals surface area contributed by atoms with Gasteiger partial charge in [-0.15, -0.1) is 12.4 Å². The zero-order valence-electron chi connectivity index (χ0n) is 17.0. The summed E-state index contributed by atoms with van der Waals surface area (Å²) in [5, 5.41) is 3.01. The van der Waals surface area contributed by atoms with Crippen LogP contribution >= 0.6 is 12.4 Å². The number of nitrogens with zero attached hydrogens (tertiary/aromatic N) is 1. The number of hydrogen-bond acceptors (Lipinski definition) is 5. The van der Waals surface area contributed by atoms with Crippen LogP contribution in [0.3, 0.4) is 0 Å². The van der Waals surface area contributed by atoms with Crippen LogP contribution in [0.4, 0.5) is 0 Å². The van der Waals surface area contributed by atoms with Crippen molar-refractivity contribution in [3.8, 4) is 5.75 Å². The minimum Gasteiger partial charge on any atom is -0.489 e. The zero-order valence-corrected chi connectivity index (χ0v) is 18.7. The smallest absolute Gasteiger partial charge is 0.255 e. The van der Waals surface area contributed by atoms with Gasteiger partial charge in [0.25, 0.3) is 5.91 Å². The molecule has 1 aromatic carbocycles. The molecule has 2 unspecified atom stereocenters. The Hall–Kier alpha value is -1.31. The fraction of sp³-hybridized carbons (Fsp3) is 0.650. The number of likely N-dealkylation sites (tertiary alicyclic amines) is 1. The Balaban J connectivity index is 0.00000280. The second kappa shape index (κ2) is 9.01. The molecule has 1 aromatic rings. The van der Waals surface area contributed by atoms with Crippen molar-refractivity contribution in [1.29, 1.82) is 0 Å². The number of sulfone groups is 1. The van der Waals surface area contributed by atoms with E-state index >= 15 is 0 Å². The van der Waals surface area contributed by atoms with E-state index in [9.17, 15) is 13.2 Å². The molecule has 1 fully saturated rings. The molecule has 0 spiro atoms. The van der Waals surface area contributed by atoms with Crippen molar-refractivity contribution in [2.75, 3.05) is 25.9 Å². The molecule has 2 aliphatic rings. The number of rotatable bonds is 6. The third-order valence-electron chi connectivity index (χ3n) is 5.24. The lowest BCUT2D eigenvalue weighted by Crippen LogP contribution is -2.41. The van der Waals surface area contributed by atoms with Crippen molar-refractivity contribution in [3.63, 3.8) is 0 Å². The molecule has 158 valence electrons. The summed E-state index contributed by atoms with van der Waals surface area (Å²) in [6.07, 6.45) is 3.94. The average Bonchev–Trinajstić information content (AvgIpc) is 3.15. The molecule has 0 saturated carbocycles. The molecular weight excluding hydrogens is 400 g/mol. The highest BCUT2D eigenvalue weighted by Gasteiger charge is 2.29. The van der Waals surface area contributed by atoms with E-state index in [2.05, 4.69) is 24.1 Å². The first-order valence-electron chi connectivity index (χ1n) is 9.71. The van der Waals surface area contributed by atoms with Crippen LogP contribution in [0.15, 0.2) is 17.0 Å². The maximum Gasteiger partial charge on any atom is 0.255 e. The lowest BCUT2D eigenvalue weighted by molar-refractivity contribution is 0.0934. The summed E-state index contributed by atoms with van der Waals surface area (Å²) in [4.78, 5) is 15.5. The van der Waals surface area contributed by atoms with Crippen LogP contribution < -0.4 is 10.1 Å². The van der Waals surface area contributed by atoms with Crippen molar-refractivity contribution < 1.29 is 17.9 Å². The summed E-state index contributed by atoms with van der Waals surface area (Å²) in [6.45, 7) is 8.99. The molecule has 28 heavy (non-hydrogen) atoms. The number of nitrogens with one attached hydrogen (secondary N) is 1. The molecule has 1 saturated heterocycles. The van der Waals surface area contributed by atoms with Crippen molar-refractivity contribution >= 4 is 28.2 Å². The average molecular weight is 431 g/mol. The lowest BCUT2D eigenvalue weighted by atomic mass is 10.1. The standard InChI is InChI=1S/C20H30N2O4S.ClH/c1-13(2)12-22-7-5-6-16(22)11-21-20(23)18-10-17(27(4,24)25)9-15-8-14(3)26-19(15)18;/h9-10,13-14,16H,5-8,11-12H2,1-4H3,(H,21,23);1H.